The van der Waals surface area contributed by atoms with Crippen molar-refractivity contribution in [1.82, 2.24) is 14.7 Å². The molecule has 3 fully saturated rings. The third-order valence-electron chi connectivity index (χ3n) is 10.6. The van der Waals surface area contributed by atoms with Crippen LogP contribution in [-0.4, -0.2) is 69.2 Å². The van der Waals surface area contributed by atoms with Gasteiger partial charge in [0.2, 0.25) is 5.91 Å². The van der Waals surface area contributed by atoms with Crippen LogP contribution in [0.15, 0.2) is 24.3 Å². The lowest BCUT2D eigenvalue weighted by atomic mass is 9.82. The van der Waals surface area contributed by atoms with Crippen LogP contribution in [0.5, 0.6) is 0 Å². The number of hydrogen-bond acceptors (Lipinski definition) is 5. The molecule has 3 aliphatic carbocycles. The minimum Gasteiger partial charge on any atom is -0.481 e. The van der Waals surface area contributed by atoms with E-state index in [-0.39, 0.29) is 52.7 Å². The summed E-state index contributed by atoms with van der Waals surface area (Å²) in [5, 5.41) is 26.2. The molecule has 2 N–H and O–H groups in total. The lowest BCUT2D eigenvalue weighted by molar-refractivity contribution is -0.161. The minimum atomic E-state index is -4.51. The molecule has 7 rings (SSSR count). The van der Waals surface area contributed by atoms with E-state index in [1.54, 1.807) is 0 Å². The number of amides is 1. The highest BCUT2D eigenvalue weighted by atomic mass is 35.5. The Morgan fingerprint density at radius 1 is 1.11 bits per heavy atom. The van der Waals surface area contributed by atoms with Crippen molar-refractivity contribution in [3.63, 3.8) is 0 Å². The van der Waals surface area contributed by atoms with Gasteiger partial charge in [0, 0.05) is 52.7 Å². The van der Waals surface area contributed by atoms with Crippen molar-refractivity contribution in [2.24, 2.45) is 17.3 Å². The van der Waals surface area contributed by atoms with Crippen LogP contribution < -0.4 is 0 Å². The van der Waals surface area contributed by atoms with Gasteiger partial charge in [0.25, 0.3) is 0 Å². The predicted octanol–water partition coefficient (Wildman–Crippen LogP) is 5.29. The van der Waals surface area contributed by atoms with Crippen LogP contribution in [0.4, 0.5) is 13.2 Å². The van der Waals surface area contributed by atoms with E-state index in [9.17, 15) is 33.0 Å². The summed E-state index contributed by atoms with van der Waals surface area (Å²) >= 11 is 6.55. The molecule has 0 radical (unpaired) electrons. The van der Waals surface area contributed by atoms with Gasteiger partial charge in [0.1, 0.15) is 0 Å². The number of aliphatic hydroxyl groups excluding tert-OH is 1. The number of carboxylic acid groups (broad SMARTS) is 1. The fourth-order valence-corrected chi connectivity index (χ4v) is 8.03. The summed E-state index contributed by atoms with van der Waals surface area (Å²) in [5.74, 6) is -1.66. The molecule has 2 aliphatic heterocycles. The molecule has 8 nitrogen and oxygen atoms in total. The Bertz CT molecular complexity index is 1540. The zero-order chi connectivity index (χ0) is 31.0. The first-order chi connectivity index (χ1) is 20.9. The molecule has 2 saturated heterocycles. The van der Waals surface area contributed by atoms with Gasteiger partial charge >= 0.3 is 12.1 Å². The minimum absolute atomic E-state index is 0.0195. The predicted molar refractivity (Wildman–Crippen MR) is 154 cm³/mol. The number of fused-ring (bicyclic) bond motifs is 1. The quantitative estimate of drug-likeness (QED) is 0.448. The van der Waals surface area contributed by atoms with Crippen molar-refractivity contribution in [3.05, 3.63) is 57.4 Å². The van der Waals surface area contributed by atoms with E-state index in [0.29, 0.717) is 69.8 Å². The Labute approximate surface area is 257 Å². The number of carbonyl (C=O) groups excluding carboxylic acids is 1. The van der Waals surface area contributed by atoms with E-state index in [2.05, 4.69) is 0 Å². The molecule has 12 heteroatoms. The molecule has 5 aliphatic rings. The Hall–Kier alpha value is -2.89. The molecule has 1 amide bonds. The topological polar surface area (TPSA) is 105 Å². The second kappa shape index (κ2) is 10.6. The molecule has 0 bridgehead atoms. The largest absolute Gasteiger partial charge is 0.481 e. The van der Waals surface area contributed by atoms with Crippen molar-refractivity contribution >= 4 is 29.1 Å². The first-order valence-corrected chi connectivity index (χ1v) is 15.7. The highest BCUT2D eigenvalue weighted by Crippen LogP contribution is 2.60. The zero-order valence-corrected chi connectivity index (χ0v) is 25.0. The van der Waals surface area contributed by atoms with Gasteiger partial charge in [-0.3, -0.25) is 9.59 Å². The van der Waals surface area contributed by atoms with E-state index in [4.69, 9.17) is 21.4 Å². The van der Waals surface area contributed by atoms with E-state index in [1.807, 2.05) is 11.0 Å². The third-order valence-corrected chi connectivity index (χ3v) is 11.0. The summed E-state index contributed by atoms with van der Waals surface area (Å²) in [4.78, 5) is 27.2. The standard InChI is InChI=1S/C32H35ClF3N3O5/c33-23-3-1-2-22(31(10-11-31)32(34,35)36)25(23)28(41)39-24-14-20(27(40)38-13-12-30(15-38)16-44-17-30)8-9-21(24)26(37-39)18-4-6-19(7-5-18)29(42)43/h1-4,19-20,28,41H,5-17H2,(H,42,43)/t19-,20+,28?/m0/s1. The fourth-order valence-electron chi connectivity index (χ4n) is 7.76. The van der Waals surface area contributed by atoms with Crippen molar-refractivity contribution in [1.29, 1.82) is 0 Å². The number of rotatable bonds is 6. The first kappa shape index (κ1) is 29.8. The Morgan fingerprint density at radius 3 is 2.45 bits per heavy atom. The number of alkyl halides is 3. The van der Waals surface area contributed by atoms with Gasteiger partial charge in [-0.15, -0.1) is 0 Å². The van der Waals surface area contributed by atoms with Crippen LogP contribution in [0, 0.1) is 17.3 Å². The molecule has 3 heterocycles. The molecular weight excluding hydrogens is 599 g/mol. The Balaban J connectivity index is 1.27. The number of aliphatic carboxylic acids is 1. The number of nitrogens with zero attached hydrogens (tertiary/aromatic N) is 3. The van der Waals surface area contributed by atoms with Crippen molar-refractivity contribution in [3.8, 4) is 0 Å². The lowest BCUT2D eigenvalue weighted by Crippen LogP contribution is -2.46. The first-order valence-electron chi connectivity index (χ1n) is 15.4. The molecule has 1 aromatic heterocycles. The van der Waals surface area contributed by atoms with E-state index in [0.717, 1.165) is 17.6 Å². The van der Waals surface area contributed by atoms with E-state index in [1.165, 1.54) is 22.9 Å². The van der Waals surface area contributed by atoms with Gasteiger partial charge in [-0.1, -0.05) is 29.8 Å². The van der Waals surface area contributed by atoms with Gasteiger partial charge in [0.05, 0.1) is 30.2 Å². The maximum atomic E-state index is 14.3. The number of allylic oxidation sites excluding steroid dienone is 2. The number of hydrogen-bond donors (Lipinski definition) is 2. The summed E-state index contributed by atoms with van der Waals surface area (Å²) in [5.41, 5.74) is 0.831. The molecule has 3 atom stereocenters. The molecule has 236 valence electrons. The van der Waals surface area contributed by atoms with E-state index < -0.39 is 29.7 Å². The third kappa shape index (κ3) is 4.77. The van der Waals surface area contributed by atoms with Crippen LogP contribution in [0.1, 0.15) is 79.3 Å². The second-order valence-electron chi connectivity index (χ2n) is 13.4. The number of halogens is 4. The van der Waals surface area contributed by atoms with Crippen LogP contribution in [0.2, 0.25) is 5.02 Å². The zero-order valence-electron chi connectivity index (χ0n) is 24.2. The molecule has 2 aromatic rings. The summed E-state index contributed by atoms with van der Waals surface area (Å²) < 4.78 is 49.7. The van der Waals surface area contributed by atoms with Crippen LogP contribution in [0.25, 0.3) is 5.57 Å². The number of aromatic nitrogens is 2. The van der Waals surface area contributed by atoms with Gasteiger partial charge in [-0.2, -0.15) is 18.3 Å². The normalized spacial score (nSPS) is 26.1. The lowest BCUT2D eigenvalue weighted by Gasteiger charge is -2.38. The molecule has 1 unspecified atom stereocenters. The van der Waals surface area contributed by atoms with Gasteiger partial charge in [-0.05, 0) is 68.6 Å². The number of carbonyl (C=O) groups is 2. The molecule has 1 aromatic carbocycles. The summed E-state index contributed by atoms with van der Waals surface area (Å²) in [6, 6.07) is 4.33. The summed E-state index contributed by atoms with van der Waals surface area (Å²) in [6.07, 6.45) is -0.874. The highest BCUT2D eigenvalue weighted by Gasteiger charge is 2.65. The average Bonchev–Trinajstić information content (AvgIpc) is 3.54. The average molecular weight is 634 g/mol. The van der Waals surface area contributed by atoms with Gasteiger partial charge < -0.3 is 19.8 Å². The molecule has 44 heavy (non-hydrogen) atoms. The van der Waals surface area contributed by atoms with Crippen molar-refractivity contribution < 1.29 is 37.7 Å². The van der Waals surface area contributed by atoms with Crippen LogP contribution in [0.3, 0.4) is 0 Å². The number of benzene rings is 1. The highest BCUT2D eigenvalue weighted by molar-refractivity contribution is 6.31. The Morgan fingerprint density at radius 2 is 1.86 bits per heavy atom. The second-order valence-corrected chi connectivity index (χ2v) is 13.8. The SMILES string of the molecule is O=C(O)[C@H]1CC=C(c2nn(C(O)c3c(Cl)cccc3C3(C(F)(F)F)CC3)c3c2CC[C@@H](C(=O)N2CCC4(COC4)C2)C3)CC1. The molecule has 1 saturated carbocycles. The summed E-state index contributed by atoms with van der Waals surface area (Å²) in [6.45, 7) is 2.64. The number of carboxylic acids is 1. The van der Waals surface area contributed by atoms with Crippen molar-refractivity contribution in [2.45, 2.75) is 75.6 Å². The molecular formula is C32H35ClF3N3O5. The summed E-state index contributed by atoms with van der Waals surface area (Å²) in [7, 11) is 0. The van der Waals surface area contributed by atoms with Crippen LogP contribution >= 0.6 is 11.6 Å². The van der Waals surface area contributed by atoms with Gasteiger partial charge in [-0.25, -0.2) is 4.68 Å². The smallest absolute Gasteiger partial charge is 0.398 e. The Kier molecular flexibility index (Phi) is 7.17. The number of ether oxygens (including phenoxy) is 1. The number of aliphatic hydroxyl groups is 1. The molecule has 1 spiro atoms. The number of likely N-dealkylation sites (tertiary alicyclic amines) is 1. The fraction of sp³-hybridized carbons (Fsp3) is 0.594. The van der Waals surface area contributed by atoms with Crippen molar-refractivity contribution in [2.75, 3.05) is 26.3 Å². The van der Waals surface area contributed by atoms with Gasteiger partial charge in [0.15, 0.2) is 6.23 Å². The van der Waals surface area contributed by atoms with Crippen LogP contribution in [-0.2, 0) is 32.6 Å². The maximum absolute atomic E-state index is 14.3. The monoisotopic (exact) mass is 633 g/mol. The maximum Gasteiger partial charge on any atom is 0.398 e. The van der Waals surface area contributed by atoms with E-state index >= 15 is 0 Å².